The minimum atomic E-state index is -0.238. The number of aromatic nitrogens is 5. The third-order valence-corrected chi connectivity index (χ3v) is 20.7. The second-order valence-electron chi connectivity index (χ2n) is 27.7. The molecule has 0 aliphatic heterocycles. The lowest BCUT2D eigenvalue weighted by molar-refractivity contribution is 0.111. The zero-order chi connectivity index (χ0) is 73.2. The first-order valence-corrected chi connectivity index (χ1v) is 35.6. The van der Waals surface area contributed by atoms with Crippen molar-refractivity contribution in [1.29, 1.82) is 21.0 Å². The highest BCUT2D eigenvalue weighted by atomic mass is 35.5. The van der Waals surface area contributed by atoms with Gasteiger partial charge in [-0.05, 0) is 229 Å². The van der Waals surface area contributed by atoms with Crippen molar-refractivity contribution >= 4 is 55.2 Å². The summed E-state index contributed by atoms with van der Waals surface area (Å²) in [6.07, 6.45) is 18.8. The number of aliphatic hydroxyl groups is 4. The standard InChI is InChI=1S/C27H32N2O.C20H19ClN2O.C20H19FN2O.C20H21N3O/c1-17(2)12-20-6-5-7-24(19(20)4)26-16-29(22-8-10-23(30)11-9-22)27-13-18(3)21(15-28)14-25(26)27;2*1-13-5-3-6-16(20(13)21)18-12-23(7-4-8-24)19-9-14(2)15(11-22)10-17(18)19;1-13-7-20-17(8-16(13)9-21)19(12-23(20)5-4-6-24)18-11-22-10-14(2)15(18)3/h5-7,13-14,16-17,22-23,30H,8-12H2,1-4H3;2*3,5-6,9-10,12,24H,4,7-8H2,1-2H3;7-8,10-12,24H,4-6H2,1-3H3. The Balaban J connectivity index is 0.000000147. The van der Waals surface area contributed by atoms with Crippen molar-refractivity contribution in [3.63, 3.8) is 0 Å². The lowest BCUT2D eigenvalue weighted by atomic mass is 9.91. The topological polar surface area (TPSA) is 209 Å². The predicted octanol–water partition coefficient (Wildman–Crippen LogP) is 19.5. The van der Waals surface area contributed by atoms with E-state index in [0.717, 1.165) is 155 Å². The van der Waals surface area contributed by atoms with Crippen molar-refractivity contribution in [2.75, 3.05) is 19.8 Å². The van der Waals surface area contributed by atoms with Crippen LogP contribution in [-0.2, 0) is 26.1 Å². The van der Waals surface area contributed by atoms with E-state index in [4.69, 9.17) is 21.8 Å². The molecule has 0 radical (unpaired) electrons. The molecule has 5 heterocycles. The molecule has 102 heavy (non-hydrogen) atoms. The van der Waals surface area contributed by atoms with E-state index < -0.39 is 0 Å². The van der Waals surface area contributed by atoms with Gasteiger partial charge in [0.25, 0.3) is 0 Å². The normalized spacial score (nSPS) is 13.4. The van der Waals surface area contributed by atoms with E-state index >= 15 is 0 Å². The number of hydrogen-bond acceptors (Lipinski definition) is 9. The van der Waals surface area contributed by atoms with E-state index in [1.165, 1.54) is 33.3 Å². The molecule has 0 spiro atoms. The first-order chi connectivity index (χ1) is 49.1. The van der Waals surface area contributed by atoms with Crippen LogP contribution in [0.4, 0.5) is 4.39 Å². The Hall–Kier alpha value is -10.1. The first-order valence-electron chi connectivity index (χ1n) is 35.3. The number of nitriles is 4. The monoisotopic (exact) mass is 1380 g/mol. The maximum atomic E-state index is 14.6. The number of nitrogens with zero attached hydrogens (tertiary/aromatic N) is 9. The van der Waals surface area contributed by atoms with Gasteiger partial charge in [-0.15, -0.1) is 0 Å². The Morgan fingerprint density at radius 2 is 0.863 bits per heavy atom. The maximum absolute atomic E-state index is 14.6. The molecule has 12 aromatic rings. The average molecular weight is 1380 g/mol. The van der Waals surface area contributed by atoms with Crippen molar-refractivity contribution in [3.8, 4) is 68.8 Å². The lowest BCUT2D eigenvalue weighted by Crippen LogP contribution is -2.20. The van der Waals surface area contributed by atoms with Gasteiger partial charge in [0.2, 0.25) is 0 Å². The van der Waals surface area contributed by atoms with Gasteiger partial charge in [-0.1, -0.05) is 80.0 Å². The van der Waals surface area contributed by atoms with Gasteiger partial charge in [0.05, 0.1) is 57.7 Å². The third-order valence-electron chi connectivity index (χ3n) is 20.2. The summed E-state index contributed by atoms with van der Waals surface area (Å²) in [6.45, 7) is 25.0. The number of fused-ring (bicyclic) bond motifs is 4. The molecule has 15 heteroatoms. The second-order valence-corrected chi connectivity index (χ2v) is 28.1. The fraction of sp³-hybridized carbons (Fsp3) is 0.322. The zero-order valence-electron chi connectivity index (χ0n) is 60.5. The summed E-state index contributed by atoms with van der Waals surface area (Å²) in [5, 5.41) is 80.0. The minimum absolute atomic E-state index is 0.100. The van der Waals surface area contributed by atoms with Crippen molar-refractivity contribution in [2.24, 2.45) is 5.92 Å². The van der Waals surface area contributed by atoms with Crippen LogP contribution in [0.3, 0.4) is 0 Å². The van der Waals surface area contributed by atoms with Crippen LogP contribution in [0, 0.1) is 119 Å². The fourth-order valence-electron chi connectivity index (χ4n) is 14.2. The van der Waals surface area contributed by atoms with Crippen molar-refractivity contribution in [3.05, 3.63) is 229 Å². The average Bonchev–Trinajstić information content (AvgIpc) is 1.62. The second kappa shape index (κ2) is 33.1. The molecule has 0 saturated heterocycles. The molecule has 0 amide bonds. The Labute approximate surface area is 603 Å². The molecule has 13 nitrogen and oxygen atoms in total. The molecule has 1 fully saturated rings. The van der Waals surface area contributed by atoms with Crippen molar-refractivity contribution in [2.45, 2.75) is 159 Å². The van der Waals surface area contributed by atoms with Crippen molar-refractivity contribution < 1.29 is 24.8 Å². The molecule has 1 saturated carbocycles. The van der Waals surface area contributed by atoms with Crippen LogP contribution in [0.15, 0.2) is 140 Å². The first kappa shape index (κ1) is 74.6. The third kappa shape index (κ3) is 15.8. The Morgan fingerprint density at radius 1 is 0.461 bits per heavy atom. The molecule has 0 unspecified atom stereocenters. The summed E-state index contributed by atoms with van der Waals surface area (Å²) < 4.78 is 23.4. The van der Waals surface area contributed by atoms with Gasteiger partial charge in [-0.25, -0.2) is 4.39 Å². The van der Waals surface area contributed by atoms with Gasteiger partial charge in [0.1, 0.15) is 5.82 Å². The summed E-state index contributed by atoms with van der Waals surface area (Å²) >= 11 is 6.53. The Kier molecular flexibility index (Phi) is 24.2. The maximum Gasteiger partial charge on any atom is 0.134 e. The molecule has 1 aliphatic carbocycles. The number of rotatable bonds is 16. The molecule has 522 valence electrons. The number of halogens is 2. The summed E-state index contributed by atoms with van der Waals surface area (Å²) in [5.41, 5.74) is 25.5. The summed E-state index contributed by atoms with van der Waals surface area (Å²) in [5.74, 6) is 0.375. The van der Waals surface area contributed by atoms with Crippen LogP contribution < -0.4 is 0 Å². The van der Waals surface area contributed by atoms with E-state index in [1.54, 1.807) is 19.1 Å². The number of hydrogen-bond donors (Lipinski definition) is 4. The minimum Gasteiger partial charge on any atom is -0.396 e. The van der Waals surface area contributed by atoms with Gasteiger partial charge < -0.3 is 38.7 Å². The molecule has 4 N–H and O–H groups in total. The van der Waals surface area contributed by atoms with E-state index in [9.17, 15) is 35.7 Å². The largest absolute Gasteiger partial charge is 0.396 e. The van der Waals surface area contributed by atoms with Crippen LogP contribution in [0.1, 0.15) is 143 Å². The van der Waals surface area contributed by atoms with E-state index in [0.29, 0.717) is 65.6 Å². The quantitative estimate of drug-likeness (QED) is 0.0724. The molecule has 13 rings (SSSR count). The fourth-order valence-corrected chi connectivity index (χ4v) is 14.5. The van der Waals surface area contributed by atoms with Gasteiger partial charge in [-0.2, -0.15) is 21.0 Å². The van der Waals surface area contributed by atoms with Gasteiger partial charge in [0.15, 0.2) is 0 Å². The van der Waals surface area contributed by atoms with E-state index in [2.05, 4.69) is 133 Å². The number of benzene rings is 7. The molecule has 7 aromatic carbocycles. The number of aryl methyl sites for hydroxylation is 10. The Bertz CT molecular complexity index is 4890. The molecule has 0 bridgehead atoms. The number of pyridine rings is 1. The van der Waals surface area contributed by atoms with E-state index in [-0.39, 0.29) is 31.7 Å². The lowest BCUT2D eigenvalue weighted by Gasteiger charge is -2.27. The molecule has 1 aliphatic rings. The highest BCUT2D eigenvalue weighted by molar-refractivity contribution is 6.34. The molecular formula is C87H91ClFN9O4. The highest BCUT2D eigenvalue weighted by Gasteiger charge is 2.26. The van der Waals surface area contributed by atoms with Gasteiger partial charge >= 0.3 is 0 Å². The van der Waals surface area contributed by atoms with Crippen LogP contribution in [0.2, 0.25) is 5.02 Å². The summed E-state index contributed by atoms with van der Waals surface area (Å²) in [4.78, 5) is 4.35. The summed E-state index contributed by atoms with van der Waals surface area (Å²) in [6, 6.07) is 43.5. The van der Waals surface area contributed by atoms with Crippen LogP contribution in [0.5, 0.6) is 0 Å². The highest BCUT2D eigenvalue weighted by Crippen LogP contribution is 2.43. The summed E-state index contributed by atoms with van der Waals surface area (Å²) in [7, 11) is 0. The van der Waals surface area contributed by atoms with Gasteiger partial charge in [-0.3, -0.25) is 4.98 Å². The number of aliphatic hydroxyl groups excluding tert-OH is 4. The van der Waals surface area contributed by atoms with Crippen molar-refractivity contribution in [1.82, 2.24) is 23.3 Å². The van der Waals surface area contributed by atoms with E-state index in [1.807, 2.05) is 112 Å². The van der Waals surface area contributed by atoms with Gasteiger partial charge in [0, 0.05) is 165 Å². The smallest absolute Gasteiger partial charge is 0.134 e. The molecular weight excluding hydrogens is 1290 g/mol. The molecule has 5 aromatic heterocycles. The van der Waals surface area contributed by atoms with Crippen LogP contribution in [-0.4, -0.2) is 69.6 Å². The predicted molar refractivity (Wildman–Crippen MR) is 411 cm³/mol. The zero-order valence-corrected chi connectivity index (χ0v) is 61.2. The SMILES string of the molecule is Cc1cc2c(cc1C#N)c(-c1cccc(C)c1Cl)cn2CCCO.Cc1cc2c(cc1C#N)c(-c1cccc(C)c1F)cn2CCCO.Cc1cc2c(cc1C#N)c(-c1cccc(CC(C)C)c1C)cn2C1CCC(O)CC1.Cc1cc2c(cc1C#N)c(-c1cncc(C)c1C)cn2CCCO. The van der Waals surface area contributed by atoms with Crippen LogP contribution >= 0.6 is 11.6 Å². The molecule has 0 atom stereocenters. The van der Waals surface area contributed by atoms with Crippen LogP contribution in [0.25, 0.3) is 88.1 Å². The Morgan fingerprint density at radius 3 is 1.32 bits per heavy atom.